The Kier molecular flexibility index (Phi) is 2.83. The number of rotatable bonds is 3. The van der Waals surface area contributed by atoms with Crippen LogP contribution in [0.2, 0.25) is 0 Å². The van der Waals surface area contributed by atoms with Crippen molar-refractivity contribution in [3.8, 4) is 0 Å². The van der Waals surface area contributed by atoms with Crippen molar-refractivity contribution in [1.29, 1.82) is 0 Å². The van der Waals surface area contributed by atoms with Gasteiger partial charge in [0.05, 0.1) is 10.6 Å². The van der Waals surface area contributed by atoms with Crippen LogP contribution in [0.3, 0.4) is 0 Å². The number of carbonyl (C=O) groups is 1. The Labute approximate surface area is 92.6 Å². The zero-order valence-electron chi connectivity index (χ0n) is 8.36. The summed E-state index contributed by atoms with van der Waals surface area (Å²) in [4.78, 5) is 12.8. The summed E-state index contributed by atoms with van der Waals surface area (Å²) < 4.78 is 0. The number of hydrogen-bond donors (Lipinski definition) is 1. The third kappa shape index (κ3) is 1.92. The second-order valence-corrected chi connectivity index (χ2v) is 4.02. The summed E-state index contributed by atoms with van der Waals surface area (Å²) in [5.74, 6) is 0.0787. The first-order valence-electron chi connectivity index (χ1n) is 4.68. The molecular formula is C12H11NOS. The highest BCUT2D eigenvalue weighted by Gasteiger charge is 2.13. The summed E-state index contributed by atoms with van der Waals surface area (Å²) >= 11 is 1.47. The fourth-order valence-corrected chi connectivity index (χ4v) is 2.26. The molecule has 0 unspecified atom stereocenters. The van der Waals surface area contributed by atoms with Crippen LogP contribution in [0.25, 0.3) is 0 Å². The lowest BCUT2D eigenvalue weighted by molar-refractivity contribution is 0.104. The molecule has 0 atom stereocenters. The zero-order valence-corrected chi connectivity index (χ0v) is 9.17. The number of benzene rings is 1. The van der Waals surface area contributed by atoms with E-state index in [0.29, 0.717) is 0 Å². The average molecular weight is 217 g/mol. The highest BCUT2D eigenvalue weighted by Crippen LogP contribution is 2.24. The van der Waals surface area contributed by atoms with Crippen LogP contribution in [0.15, 0.2) is 41.8 Å². The molecule has 1 aromatic heterocycles. The van der Waals surface area contributed by atoms with Crippen LogP contribution in [0.5, 0.6) is 0 Å². The van der Waals surface area contributed by atoms with Crippen molar-refractivity contribution in [2.45, 2.75) is 0 Å². The summed E-state index contributed by atoms with van der Waals surface area (Å²) in [5, 5.41) is 4.93. The standard InChI is InChI=1S/C12H11NOS/c1-13-10-7-8-15-12(10)11(14)9-5-3-2-4-6-9/h2-8,13H,1H3. The predicted octanol–water partition coefficient (Wildman–Crippen LogP) is 3.02. The van der Waals surface area contributed by atoms with Crippen molar-refractivity contribution in [2.24, 2.45) is 0 Å². The molecule has 1 N–H and O–H groups in total. The number of ketones is 1. The Hall–Kier alpha value is -1.61. The maximum atomic E-state index is 12.1. The van der Waals surface area contributed by atoms with E-state index >= 15 is 0 Å². The molecule has 0 spiro atoms. The quantitative estimate of drug-likeness (QED) is 0.801. The lowest BCUT2D eigenvalue weighted by Crippen LogP contribution is -2.01. The van der Waals surface area contributed by atoms with E-state index < -0.39 is 0 Å². The number of anilines is 1. The monoisotopic (exact) mass is 217 g/mol. The van der Waals surface area contributed by atoms with Crippen molar-refractivity contribution in [3.05, 3.63) is 52.2 Å². The predicted molar refractivity (Wildman–Crippen MR) is 63.7 cm³/mol. The highest BCUT2D eigenvalue weighted by atomic mass is 32.1. The summed E-state index contributed by atoms with van der Waals surface area (Å²) in [6, 6.07) is 11.2. The second kappa shape index (κ2) is 4.28. The number of carbonyl (C=O) groups excluding carboxylic acids is 1. The SMILES string of the molecule is CNc1ccsc1C(=O)c1ccccc1. The van der Waals surface area contributed by atoms with Gasteiger partial charge in [-0.25, -0.2) is 0 Å². The molecule has 0 aliphatic rings. The van der Waals surface area contributed by atoms with Crippen molar-refractivity contribution in [3.63, 3.8) is 0 Å². The summed E-state index contributed by atoms with van der Waals surface area (Å²) in [6.45, 7) is 0. The largest absolute Gasteiger partial charge is 0.387 e. The van der Waals surface area contributed by atoms with E-state index in [1.165, 1.54) is 11.3 Å². The minimum absolute atomic E-state index is 0.0787. The molecule has 0 saturated carbocycles. The molecule has 2 aromatic rings. The van der Waals surface area contributed by atoms with Gasteiger partial charge in [0.25, 0.3) is 0 Å². The molecule has 0 aliphatic heterocycles. The minimum Gasteiger partial charge on any atom is -0.387 e. The molecule has 0 bridgehead atoms. The number of nitrogens with one attached hydrogen (secondary N) is 1. The Morgan fingerprint density at radius 1 is 1.20 bits per heavy atom. The Morgan fingerprint density at radius 3 is 2.60 bits per heavy atom. The lowest BCUT2D eigenvalue weighted by Gasteiger charge is -2.01. The van der Waals surface area contributed by atoms with Gasteiger partial charge in [0.2, 0.25) is 5.78 Å². The maximum Gasteiger partial charge on any atom is 0.205 e. The molecule has 15 heavy (non-hydrogen) atoms. The van der Waals surface area contributed by atoms with Crippen LogP contribution in [0.1, 0.15) is 15.2 Å². The first-order valence-corrected chi connectivity index (χ1v) is 5.56. The van der Waals surface area contributed by atoms with Gasteiger partial charge in [0.1, 0.15) is 0 Å². The van der Waals surface area contributed by atoms with Gasteiger partial charge in [0, 0.05) is 12.6 Å². The fourth-order valence-electron chi connectivity index (χ4n) is 1.40. The highest BCUT2D eigenvalue weighted by molar-refractivity contribution is 7.13. The Bertz CT molecular complexity index is 461. The molecule has 2 rings (SSSR count). The lowest BCUT2D eigenvalue weighted by atomic mass is 10.1. The molecule has 0 radical (unpaired) electrons. The third-order valence-corrected chi connectivity index (χ3v) is 3.09. The van der Waals surface area contributed by atoms with Crippen LogP contribution in [0.4, 0.5) is 5.69 Å². The van der Waals surface area contributed by atoms with E-state index in [1.807, 2.05) is 48.8 Å². The molecule has 1 aromatic carbocycles. The zero-order chi connectivity index (χ0) is 10.7. The topological polar surface area (TPSA) is 29.1 Å². The first kappa shape index (κ1) is 9.93. The molecule has 0 saturated heterocycles. The van der Waals surface area contributed by atoms with E-state index in [1.54, 1.807) is 0 Å². The summed E-state index contributed by atoms with van der Waals surface area (Å²) in [5.41, 5.74) is 1.63. The number of hydrogen-bond acceptors (Lipinski definition) is 3. The van der Waals surface area contributed by atoms with E-state index in [-0.39, 0.29) is 5.78 Å². The van der Waals surface area contributed by atoms with E-state index in [0.717, 1.165) is 16.1 Å². The smallest absolute Gasteiger partial charge is 0.205 e. The fraction of sp³-hybridized carbons (Fsp3) is 0.0833. The van der Waals surface area contributed by atoms with Crippen molar-refractivity contribution in [2.75, 3.05) is 12.4 Å². The van der Waals surface area contributed by atoms with Crippen LogP contribution < -0.4 is 5.32 Å². The van der Waals surface area contributed by atoms with Gasteiger partial charge in [-0.3, -0.25) is 4.79 Å². The van der Waals surface area contributed by atoms with Crippen LogP contribution in [0, 0.1) is 0 Å². The van der Waals surface area contributed by atoms with Gasteiger partial charge in [-0.2, -0.15) is 0 Å². The van der Waals surface area contributed by atoms with E-state index in [9.17, 15) is 4.79 Å². The van der Waals surface area contributed by atoms with E-state index in [4.69, 9.17) is 0 Å². The molecule has 2 nitrogen and oxygen atoms in total. The Morgan fingerprint density at radius 2 is 1.93 bits per heavy atom. The van der Waals surface area contributed by atoms with Crippen LogP contribution in [-0.2, 0) is 0 Å². The van der Waals surface area contributed by atoms with Gasteiger partial charge < -0.3 is 5.32 Å². The molecule has 1 heterocycles. The van der Waals surface area contributed by atoms with Crippen molar-refractivity contribution in [1.82, 2.24) is 0 Å². The molecule has 0 amide bonds. The van der Waals surface area contributed by atoms with Gasteiger partial charge in [0.15, 0.2) is 0 Å². The normalized spacial score (nSPS) is 9.93. The van der Waals surface area contributed by atoms with Gasteiger partial charge in [-0.1, -0.05) is 30.3 Å². The maximum absolute atomic E-state index is 12.1. The molecular weight excluding hydrogens is 206 g/mol. The molecule has 76 valence electrons. The van der Waals surface area contributed by atoms with Gasteiger partial charge in [-0.05, 0) is 11.4 Å². The Balaban J connectivity index is 2.37. The van der Waals surface area contributed by atoms with Crippen molar-refractivity contribution >= 4 is 22.8 Å². The molecule has 0 aliphatic carbocycles. The van der Waals surface area contributed by atoms with Gasteiger partial charge in [-0.15, -0.1) is 11.3 Å². The first-order chi connectivity index (χ1) is 7.33. The minimum atomic E-state index is 0.0787. The van der Waals surface area contributed by atoms with Gasteiger partial charge >= 0.3 is 0 Å². The van der Waals surface area contributed by atoms with E-state index in [2.05, 4.69) is 5.32 Å². The molecule has 3 heteroatoms. The average Bonchev–Trinajstić information content (AvgIpc) is 2.77. The number of thiophene rings is 1. The second-order valence-electron chi connectivity index (χ2n) is 3.11. The van der Waals surface area contributed by atoms with Crippen LogP contribution in [-0.4, -0.2) is 12.8 Å². The van der Waals surface area contributed by atoms with Crippen molar-refractivity contribution < 1.29 is 4.79 Å². The van der Waals surface area contributed by atoms with Crippen LogP contribution >= 0.6 is 11.3 Å². The molecule has 0 fully saturated rings. The summed E-state index contributed by atoms with van der Waals surface area (Å²) in [7, 11) is 1.82. The summed E-state index contributed by atoms with van der Waals surface area (Å²) in [6.07, 6.45) is 0. The third-order valence-electron chi connectivity index (χ3n) is 2.18.